The minimum atomic E-state index is 0.114. The van der Waals surface area contributed by atoms with Gasteiger partial charge in [-0.3, -0.25) is 9.79 Å². The van der Waals surface area contributed by atoms with Gasteiger partial charge in [0, 0.05) is 32.2 Å². The van der Waals surface area contributed by atoms with Gasteiger partial charge in [0.2, 0.25) is 5.91 Å². The van der Waals surface area contributed by atoms with Gasteiger partial charge in [-0.25, -0.2) is 0 Å². The fourth-order valence-corrected chi connectivity index (χ4v) is 2.61. The highest BCUT2D eigenvalue weighted by Gasteiger charge is 2.31. The summed E-state index contributed by atoms with van der Waals surface area (Å²) in [7, 11) is 1.77. The molecule has 1 unspecified atom stereocenters. The predicted molar refractivity (Wildman–Crippen MR) is 84.4 cm³/mol. The maximum absolute atomic E-state index is 12.2. The van der Waals surface area contributed by atoms with E-state index in [2.05, 4.69) is 15.6 Å². The number of amides is 1. The highest BCUT2D eigenvalue weighted by atomic mass is 16.2. The quantitative estimate of drug-likeness (QED) is 0.649. The summed E-state index contributed by atoms with van der Waals surface area (Å²) in [5, 5.41) is 6.69. The fraction of sp³-hybridized carbons (Fsp3) is 0.500. The van der Waals surface area contributed by atoms with Crippen LogP contribution < -0.4 is 15.5 Å². The molecule has 2 N–H and O–H groups in total. The third-order valence-electron chi connectivity index (χ3n) is 4.01. The summed E-state index contributed by atoms with van der Waals surface area (Å²) >= 11 is 0. The minimum Gasteiger partial charge on any atom is -0.356 e. The molecule has 1 atom stereocenters. The lowest BCUT2D eigenvalue weighted by Crippen LogP contribution is -2.45. The van der Waals surface area contributed by atoms with Crippen molar-refractivity contribution in [2.45, 2.75) is 25.3 Å². The Morgan fingerprint density at radius 3 is 2.76 bits per heavy atom. The van der Waals surface area contributed by atoms with Crippen LogP contribution in [0.25, 0.3) is 0 Å². The standard InChI is InChI=1S/C16H22N4O/c1-17-16(18-10-12-7-8-12)19-13-9-15(21)20(11-13)14-5-3-2-4-6-14/h2-6,12-13H,7-11H2,1H3,(H2,17,18,19). The van der Waals surface area contributed by atoms with Crippen molar-refractivity contribution in [2.24, 2.45) is 10.9 Å². The van der Waals surface area contributed by atoms with Gasteiger partial charge in [0.1, 0.15) is 0 Å². The van der Waals surface area contributed by atoms with E-state index in [1.54, 1.807) is 7.05 Å². The van der Waals surface area contributed by atoms with Crippen molar-refractivity contribution in [3.8, 4) is 0 Å². The average molecular weight is 286 g/mol. The second kappa shape index (κ2) is 6.16. The van der Waals surface area contributed by atoms with Crippen molar-refractivity contribution in [2.75, 3.05) is 25.0 Å². The number of hydrogen-bond donors (Lipinski definition) is 2. The van der Waals surface area contributed by atoms with E-state index in [0.29, 0.717) is 13.0 Å². The van der Waals surface area contributed by atoms with E-state index in [-0.39, 0.29) is 11.9 Å². The molecule has 0 radical (unpaired) electrons. The lowest BCUT2D eigenvalue weighted by Gasteiger charge is -2.19. The van der Waals surface area contributed by atoms with Crippen molar-refractivity contribution in [1.29, 1.82) is 0 Å². The summed E-state index contributed by atoms with van der Waals surface area (Å²) < 4.78 is 0. The third-order valence-corrected chi connectivity index (χ3v) is 4.01. The fourth-order valence-electron chi connectivity index (χ4n) is 2.61. The first-order valence-electron chi connectivity index (χ1n) is 7.59. The predicted octanol–water partition coefficient (Wildman–Crippen LogP) is 1.37. The summed E-state index contributed by atoms with van der Waals surface area (Å²) in [4.78, 5) is 18.2. The van der Waals surface area contributed by atoms with Crippen LogP contribution >= 0.6 is 0 Å². The van der Waals surface area contributed by atoms with Crippen molar-refractivity contribution in [1.82, 2.24) is 10.6 Å². The smallest absolute Gasteiger partial charge is 0.229 e. The van der Waals surface area contributed by atoms with Crippen molar-refractivity contribution in [3.63, 3.8) is 0 Å². The van der Waals surface area contributed by atoms with Crippen LogP contribution in [0.1, 0.15) is 19.3 Å². The molecule has 2 fully saturated rings. The second-order valence-corrected chi connectivity index (χ2v) is 5.78. The van der Waals surface area contributed by atoms with Crippen LogP contribution in [0.3, 0.4) is 0 Å². The van der Waals surface area contributed by atoms with Gasteiger partial charge in [-0.1, -0.05) is 18.2 Å². The van der Waals surface area contributed by atoms with Gasteiger partial charge in [0.25, 0.3) is 0 Å². The maximum atomic E-state index is 12.2. The molecule has 1 amide bonds. The van der Waals surface area contributed by atoms with Gasteiger partial charge < -0.3 is 15.5 Å². The van der Waals surface area contributed by atoms with E-state index in [9.17, 15) is 4.79 Å². The summed E-state index contributed by atoms with van der Waals surface area (Å²) in [5.41, 5.74) is 0.965. The molecular formula is C16H22N4O. The molecule has 0 bridgehead atoms. The largest absolute Gasteiger partial charge is 0.356 e. The number of hydrogen-bond acceptors (Lipinski definition) is 2. The number of anilines is 1. The van der Waals surface area contributed by atoms with E-state index < -0.39 is 0 Å². The Labute approximate surface area is 125 Å². The van der Waals surface area contributed by atoms with Gasteiger partial charge in [-0.2, -0.15) is 0 Å². The van der Waals surface area contributed by atoms with E-state index >= 15 is 0 Å². The van der Waals surface area contributed by atoms with Gasteiger partial charge in [-0.05, 0) is 30.9 Å². The number of carbonyl (C=O) groups excluding carboxylic acids is 1. The van der Waals surface area contributed by atoms with Crippen LogP contribution in [0.4, 0.5) is 5.69 Å². The molecule has 3 rings (SSSR count). The maximum Gasteiger partial charge on any atom is 0.229 e. The van der Waals surface area contributed by atoms with Gasteiger partial charge >= 0.3 is 0 Å². The number of rotatable bonds is 4. The number of benzene rings is 1. The first-order chi connectivity index (χ1) is 10.3. The monoisotopic (exact) mass is 286 g/mol. The molecule has 112 valence electrons. The number of para-hydroxylation sites is 1. The second-order valence-electron chi connectivity index (χ2n) is 5.78. The summed E-state index contributed by atoms with van der Waals surface area (Å²) in [6.45, 7) is 1.66. The lowest BCUT2D eigenvalue weighted by molar-refractivity contribution is -0.117. The first-order valence-corrected chi connectivity index (χ1v) is 7.59. The SMILES string of the molecule is CN=C(NCC1CC1)NC1CC(=O)N(c2ccccc2)C1. The lowest BCUT2D eigenvalue weighted by atomic mass is 10.2. The van der Waals surface area contributed by atoms with Crippen LogP contribution in [0.2, 0.25) is 0 Å². The van der Waals surface area contributed by atoms with E-state index in [1.807, 2.05) is 35.2 Å². The van der Waals surface area contributed by atoms with E-state index in [0.717, 1.165) is 24.1 Å². The zero-order chi connectivity index (χ0) is 14.7. The van der Waals surface area contributed by atoms with Crippen LogP contribution in [-0.2, 0) is 4.79 Å². The third kappa shape index (κ3) is 3.54. The highest BCUT2D eigenvalue weighted by Crippen LogP contribution is 2.27. The van der Waals surface area contributed by atoms with Crippen molar-refractivity contribution >= 4 is 17.6 Å². The Kier molecular flexibility index (Phi) is 4.08. The highest BCUT2D eigenvalue weighted by molar-refractivity contribution is 5.97. The van der Waals surface area contributed by atoms with E-state index in [4.69, 9.17) is 0 Å². The molecule has 1 aromatic carbocycles. The van der Waals surface area contributed by atoms with Crippen LogP contribution in [-0.4, -0.2) is 38.0 Å². The van der Waals surface area contributed by atoms with Crippen LogP contribution in [0.5, 0.6) is 0 Å². The van der Waals surface area contributed by atoms with Gasteiger partial charge in [0.15, 0.2) is 5.96 Å². The minimum absolute atomic E-state index is 0.114. The molecule has 1 aliphatic carbocycles. The Balaban J connectivity index is 1.56. The number of aliphatic imine (C=N–C) groups is 1. The zero-order valence-corrected chi connectivity index (χ0v) is 12.4. The zero-order valence-electron chi connectivity index (χ0n) is 12.4. The summed E-state index contributed by atoms with van der Waals surface area (Å²) in [6, 6.07) is 9.94. The Morgan fingerprint density at radius 2 is 2.10 bits per heavy atom. The summed E-state index contributed by atoms with van der Waals surface area (Å²) in [5.74, 6) is 1.76. The molecule has 1 saturated heterocycles. The van der Waals surface area contributed by atoms with Crippen LogP contribution in [0, 0.1) is 5.92 Å². The molecular weight excluding hydrogens is 264 g/mol. The number of guanidine groups is 1. The molecule has 1 saturated carbocycles. The van der Waals surface area contributed by atoms with Crippen molar-refractivity contribution in [3.05, 3.63) is 30.3 Å². The Bertz CT molecular complexity index is 524. The van der Waals surface area contributed by atoms with Crippen LogP contribution in [0.15, 0.2) is 35.3 Å². The van der Waals surface area contributed by atoms with E-state index in [1.165, 1.54) is 12.8 Å². The number of nitrogens with zero attached hydrogens (tertiary/aromatic N) is 2. The number of nitrogens with one attached hydrogen (secondary N) is 2. The normalized spacial score (nSPS) is 22.5. The Hall–Kier alpha value is -2.04. The molecule has 21 heavy (non-hydrogen) atoms. The Morgan fingerprint density at radius 1 is 1.33 bits per heavy atom. The number of carbonyl (C=O) groups is 1. The average Bonchev–Trinajstić information content (AvgIpc) is 3.27. The first kappa shape index (κ1) is 13.9. The topological polar surface area (TPSA) is 56.7 Å². The molecule has 0 aromatic heterocycles. The molecule has 5 nitrogen and oxygen atoms in total. The molecule has 5 heteroatoms. The molecule has 2 aliphatic rings. The van der Waals surface area contributed by atoms with Crippen molar-refractivity contribution < 1.29 is 4.79 Å². The van der Waals surface area contributed by atoms with Gasteiger partial charge in [-0.15, -0.1) is 0 Å². The van der Waals surface area contributed by atoms with Gasteiger partial charge in [0.05, 0.1) is 6.04 Å². The molecule has 1 aliphatic heterocycles. The summed E-state index contributed by atoms with van der Waals surface area (Å²) in [6.07, 6.45) is 3.14. The molecule has 0 spiro atoms. The molecule has 1 heterocycles. The molecule has 1 aromatic rings.